The van der Waals surface area contributed by atoms with Gasteiger partial charge in [-0.05, 0) is 18.2 Å². The van der Waals surface area contributed by atoms with Gasteiger partial charge in [-0.15, -0.1) is 22.0 Å². The fourth-order valence-electron chi connectivity index (χ4n) is 2.21. The van der Waals surface area contributed by atoms with E-state index >= 15 is 0 Å². The summed E-state index contributed by atoms with van der Waals surface area (Å²) in [6.45, 7) is 0. The summed E-state index contributed by atoms with van der Waals surface area (Å²) in [5, 5.41) is 12.3. The number of para-hydroxylation sites is 1. The van der Waals surface area contributed by atoms with Crippen LogP contribution in [0.25, 0.3) is 0 Å². The van der Waals surface area contributed by atoms with Crippen molar-refractivity contribution >= 4 is 34.1 Å². The average molecular weight is 371 g/mol. The summed E-state index contributed by atoms with van der Waals surface area (Å²) in [7, 11) is 1.65. The number of hydrogen-bond acceptors (Lipinski definition) is 6. The maximum Gasteiger partial charge on any atom is 0.236 e. The molecule has 0 aliphatic rings. The van der Waals surface area contributed by atoms with Crippen LogP contribution in [0, 0.1) is 0 Å². The maximum absolute atomic E-state index is 12.0. The zero-order chi connectivity index (χ0) is 17.5. The highest BCUT2D eigenvalue weighted by molar-refractivity contribution is 8.00. The second kappa shape index (κ2) is 8.64. The van der Waals surface area contributed by atoms with Crippen LogP contribution in [0.1, 0.15) is 10.6 Å². The number of ether oxygens (including phenoxy) is 1. The predicted molar refractivity (Wildman–Crippen MR) is 102 cm³/mol. The van der Waals surface area contributed by atoms with Gasteiger partial charge in [-0.1, -0.05) is 47.7 Å². The number of benzene rings is 2. The lowest BCUT2D eigenvalue weighted by Gasteiger charge is -2.05. The Morgan fingerprint density at radius 3 is 2.68 bits per heavy atom. The SMILES string of the molecule is COc1ccccc1Cc1nnc(NC(=O)CSc2ccccc2)s1. The summed E-state index contributed by atoms with van der Waals surface area (Å²) in [6.07, 6.45) is 0.621. The molecule has 0 unspecified atom stereocenters. The molecule has 0 fully saturated rings. The Morgan fingerprint density at radius 2 is 1.88 bits per heavy atom. The first-order valence-electron chi connectivity index (χ1n) is 7.66. The molecule has 0 radical (unpaired) electrons. The average Bonchev–Trinajstić information content (AvgIpc) is 3.08. The lowest BCUT2D eigenvalue weighted by molar-refractivity contribution is -0.113. The summed E-state index contributed by atoms with van der Waals surface area (Å²) in [5.41, 5.74) is 1.04. The molecule has 0 aliphatic heterocycles. The molecule has 0 saturated carbocycles. The summed E-state index contributed by atoms with van der Waals surface area (Å²) in [5.74, 6) is 1.07. The van der Waals surface area contributed by atoms with Gasteiger partial charge in [0.2, 0.25) is 11.0 Å². The van der Waals surface area contributed by atoms with Crippen molar-refractivity contribution in [2.45, 2.75) is 11.3 Å². The molecule has 0 aliphatic carbocycles. The highest BCUT2D eigenvalue weighted by Crippen LogP contribution is 2.24. The number of hydrogen-bond donors (Lipinski definition) is 1. The van der Waals surface area contributed by atoms with Gasteiger partial charge < -0.3 is 4.74 Å². The van der Waals surface area contributed by atoms with Crippen molar-refractivity contribution in [3.05, 3.63) is 65.2 Å². The molecule has 1 amide bonds. The normalized spacial score (nSPS) is 10.4. The van der Waals surface area contributed by atoms with E-state index in [0.717, 1.165) is 21.2 Å². The molecule has 5 nitrogen and oxygen atoms in total. The maximum atomic E-state index is 12.0. The van der Waals surface area contributed by atoms with E-state index in [1.54, 1.807) is 7.11 Å². The van der Waals surface area contributed by atoms with E-state index in [9.17, 15) is 4.79 Å². The Balaban J connectivity index is 1.55. The van der Waals surface area contributed by atoms with E-state index < -0.39 is 0 Å². The van der Waals surface area contributed by atoms with E-state index in [2.05, 4.69) is 15.5 Å². The van der Waals surface area contributed by atoms with Crippen LogP contribution in [-0.4, -0.2) is 29.0 Å². The largest absolute Gasteiger partial charge is 0.496 e. The molecule has 0 atom stereocenters. The fraction of sp³-hybridized carbons (Fsp3) is 0.167. The van der Waals surface area contributed by atoms with Crippen LogP contribution >= 0.6 is 23.1 Å². The van der Waals surface area contributed by atoms with Crippen molar-refractivity contribution in [3.63, 3.8) is 0 Å². The predicted octanol–water partition coefficient (Wildman–Crippen LogP) is 3.87. The van der Waals surface area contributed by atoms with Gasteiger partial charge >= 0.3 is 0 Å². The van der Waals surface area contributed by atoms with Crippen LogP contribution in [0.5, 0.6) is 5.75 Å². The molecule has 1 aromatic heterocycles. The number of carbonyl (C=O) groups is 1. The lowest BCUT2D eigenvalue weighted by Crippen LogP contribution is -2.13. The zero-order valence-electron chi connectivity index (χ0n) is 13.6. The minimum atomic E-state index is -0.0890. The van der Waals surface area contributed by atoms with E-state index in [-0.39, 0.29) is 5.91 Å². The number of thioether (sulfide) groups is 1. The van der Waals surface area contributed by atoms with Crippen molar-refractivity contribution in [2.24, 2.45) is 0 Å². The molecule has 128 valence electrons. The quantitative estimate of drug-likeness (QED) is 0.639. The summed E-state index contributed by atoms with van der Waals surface area (Å²) in [4.78, 5) is 13.1. The van der Waals surface area contributed by atoms with Crippen molar-refractivity contribution in [1.29, 1.82) is 0 Å². The van der Waals surface area contributed by atoms with Crippen LogP contribution in [-0.2, 0) is 11.2 Å². The highest BCUT2D eigenvalue weighted by atomic mass is 32.2. The van der Waals surface area contributed by atoms with Gasteiger partial charge in [0.1, 0.15) is 10.8 Å². The first kappa shape index (κ1) is 17.4. The summed E-state index contributed by atoms with van der Waals surface area (Å²) in [6, 6.07) is 17.6. The van der Waals surface area contributed by atoms with Gasteiger partial charge in [-0.2, -0.15) is 0 Å². The summed E-state index contributed by atoms with van der Waals surface area (Å²) >= 11 is 2.87. The monoisotopic (exact) mass is 371 g/mol. The van der Waals surface area contributed by atoms with E-state index in [0.29, 0.717) is 17.3 Å². The van der Waals surface area contributed by atoms with Crippen molar-refractivity contribution in [3.8, 4) is 5.75 Å². The molecule has 0 bridgehead atoms. The molecular weight excluding hydrogens is 354 g/mol. The standard InChI is InChI=1S/C18H17N3O2S2/c1-23-15-10-6-5-7-13(15)11-17-20-21-18(25-17)19-16(22)12-24-14-8-3-2-4-9-14/h2-10H,11-12H2,1H3,(H,19,21,22). The van der Waals surface area contributed by atoms with Gasteiger partial charge in [0.05, 0.1) is 12.9 Å². The number of anilines is 1. The van der Waals surface area contributed by atoms with Gasteiger partial charge in [0.15, 0.2) is 0 Å². The minimum Gasteiger partial charge on any atom is -0.496 e. The molecular formula is C18H17N3O2S2. The topological polar surface area (TPSA) is 64.1 Å². The summed E-state index contributed by atoms with van der Waals surface area (Å²) < 4.78 is 5.35. The number of methoxy groups -OCH3 is 1. The van der Waals surface area contributed by atoms with Crippen molar-refractivity contribution < 1.29 is 9.53 Å². The molecule has 2 aromatic carbocycles. The fourth-order valence-corrected chi connectivity index (χ4v) is 3.71. The van der Waals surface area contributed by atoms with Gasteiger partial charge in [-0.3, -0.25) is 10.1 Å². The number of aromatic nitrogens is 2. The Hall–Kier alpha value is -2.38. The molecule has 1 N–H and O–H groups in total. The molecule has 7 heteroatoms. The van der Waals surface area contributed by atoms with Crippen LogP contribution in [0.2, 0.25) is 0 Å². The molecule has 3 aromatic rings. The van der Waals surface area contributed by atoms with Crippen LogP contribution in [0.3, 0.4) is 0 Å². The Morgan fingerprint density at radius 1 is 1.12 bits per heavy atom. The molecule has 3 rings (SSSR count). The second-order valence-corrected chi connectivity index (χ2v) is 7.25. The van der Waals surface area contributed by atoms with Crippen LogP contribution in [0.4, 0.5) is 5.13 Å². The minimum absolute atomic E-state index is 0.0890. The Kier molecular flexibility index (Phi) is 6.03. The van der Waals surface area contributed by atoms with Gasteiger partial charge in [0.25, 0.3) is 0 Å². The number of nitrogens with one attached hydrogen (secondary N) is 1. The van der Waals surface area contributed by atoms with E-state index in [1.807, 2.05) is 54.6 Å². The molecule has 1 heterocycles. The Labute approximate surface area is 154 Å². The zero-order valence-corrected chi connectivity index (χ0v) is 15.3. The first-order valence-corrected chi connectivity index (χ1v) is 9.47. The van der Waals surface area contributed by atoms with Crippen molar-refractivity contribution in [1.82, 2.24) is 10.2 Å². The molecule has 0 spiro atoms. The third-order valence-electron chi connectivity index (χ3n) is 3.36. The number of amides is 1. The van der Waals surface area contributed by atoms with E-state index in [1.165, 1.54) is 23.1 Å². The van der Waals surface area contributed by atoms with Crippen LogP contribution in [0.15, 0.2) is 59.5 Å². The second-order valence-electron chi connectivity index (χ2n) is 5.14. The van der Waals surface area contributed by atoms with Crippen LogP contribution < -0.4 is 10.1 Å². The van der Waals surface area contributed by atoms with Crippen molar-refractivity contribution in [2.75, 3.05) is 18.2 Å². The number of carbonyl (C=O) groups excluding carboxylic acids is 1. The smallest absolute Gasteiger partial charge is 0.236 e. The molecule has 25 heavy (non-hydrogen) atoms. The number of nitrogens with zero attached hydrogens (tertiary/aromatic N) is 2. The Bertz CT molecular complexity index is 837. The number of rotatable bonds is 7. The first-order chi connectivity index (χ1) is 12.2. The third-order valence-corrected chi connectivity index (χ3v) is 5.21. The lowest BCUT2D eigenvalue weighted by atomic mass is 10.1. The highest BCUT2D eigenvalue weighted by Gasteiger charge is 2.11. The van der Waals surface area contributed by atoms with E-state index in [4.69, 9.17) is 4.74 Å². The van der Waals surface area contributed by atoms with Gasteiger partial charge in [0, 0.05) is 16.9 Å². The molecule has 0 saturated heterocycles. The van der Waals surface area contributed by atoms with Gasteiger partial charge in [-0.25, -0.2) is 0 Å². The third kappa shape index (κ3) is 5.04.